The number of hydrogen-bond donors (Lipinski definition) is 1. The summed E-state index contributed by atoms with van der Waals surface area (Å²) in [7, 11) is 1.95. The number of ether oxygens (including phenoxy) is 1. The van der Waals surface area contributed by atoms with Gasteiger partial charge in [0.2, 0.25) is 5.88 Å². The fourth-order valence-corrected chi connectivity index (χ4v) is 3.42. The molecular weight excluding hydrogens is 335 g/mol. The molecule has 0 unspecified atom stereocenters. The van der Waals surface area contributed by atoms with Gasteiger partial charge in [-0.25, -0.2) is 14.4 Å². The van der Waals surface area contributed by atoms with Gasteiger partial charge in [0.1, 0.15) is 24.7 Å². The van der Waals surface area contributed by atoms with E-state index in [9.17, 15) is 9.18 Å². The van der Waals surface area contributed by atoms with Gasteiger partial charge in [0.25, 0.3) is 0 Å². The van der Waals surface area contributed by atoms with E-state index in [4.69, 9.17) is 4.74 Å². The first-order valence-corrected chi connectivity index (χ1v) is 8.60. The van der Waals surface area contributed by atoms with Crippen molar-refractivity contribution in [3.8, 4) is 5.88 Å². The number of ketones is 1. The van der Waals surface area contributed by atoms with Crippen LogP contribution in [-0.2, 0) is 13.5 Å². The zero-order chi connectivity index (χ0) is 18.1. The molecule has 0 radical (unpaired) electrons. The maximum atomic E-state index is 12.3. The van der Waals surface area contributed by atoms with Gasteiger partial charge in [0, 0.05) is 48.1 Å². The Hall–Kier alpha value is -2.96. The average Bonchev–Trinajstić information content (AvgIpc) is 2.94. The van der Waals surface area contributed by atoms with Crippen LogP contribution in [0, 0.1) is 0 Å². The molecule has 1 N–H and O–H groups in total. The predicted molar refractivity (Wildman–Crippen MR) is 97.0 cm³/mol. The first-order chi connectivity index (χ1) is 12.7. The lowest BCUT2D eigenvalue weighted by atomic mass is 9.95. The number of pyridine rings is 2. The summed E-state index contributed by atoms with van der Waals surface area (Å²) in [5.41, 5.74) is 3.42. The van der Waals surface area contributed by atoms with Crippen molar-refractivity contribution in [3.63, 3.8) is 0 Å². The van der Waals surface area contributed by atoms with Crippen LogP contribution in [0.25, 0.3) is 11.0 Å². The van der Waals surface area contributed by atoms with Gasteiger partial charge in [-0.3, -0.25) is 4.79 Å². The lowest BCUT2D eigenvalue weighted by molar-refractivity contribution is 0.0973. The molecule has 3 aromatic rings. The van der Waals surface area contributed by atoms with E-state index in [0.717, 1.165) is 40.8 Å². The second-order valence-corrected chi connectivity index (χ2v) is 6.27. The molecule has 1 aliphatic carbocycles. The molecule has 6 nitrogen and oxygen atoms in total. The van der Waals surface area contributed by atoms with Crippen LogP contribution in [0.1, 0.15) is 28.9 Å². The van der Waals surface area contributed by atoms with Gasteiger partial charge in [0.05, 0.1) is 0 Å². The fourth-order valence-electron chi connectivity index (χ4n) is 3.42. The minimum atomic E-state index is -0.561. The molecular formula is C19H19FN4O2. The number of hydrogen-bond acceptors (Lipinski definition) is 5. The van der Waals surface area contributed by atoms with Gasteiger partial charge in [-0.15, -0.1) is 0 Å². The lowest BCUT2D eigenvalue weighted by Gasteiger charge is -2.11. The molecule has 3 heterocycles. The van der Waals surface area contributed by atoms with Crippen molar-refractivity contribution >= 4 is 28.3 Å². The van der Waals surface area contributed by atoms with Crippen molar-refractivity contribution < 1.29 is 13.9 Å². The number of carbonyl (C=O) groups excluding carboxylic acids is 1. The van der Waals surface area contributed by atoms with E-state index in [1.54, 1.807) is 18.3 Å². The quantitative estimate of drug-likeness (QED) is 0.758. The lowest BCUT2D eigenvalue weighted by Crippen LogP contribution is -2.11. The minimum absolute atomic E-state index is 0.0242. The highest BCUT2D eigenvalue weighted by Gasteiger charge is 2.25. The summed E-state index contributed by atoms with van der Waals surface area (Å²) in [6.45, 7) is -0.585. The van der Waals surface area contributed by atoms with Crippen LogP contribution in [0.2, 0.25) is 0 Å². The number of carbonyl (C=O) groups is 1. The summed E-state index contributed by atoms with van der Waals surface area (Å²) < 4.78 is 19.4. The molecule has 1 aliphatic rings. The fraction of sp³-hybridized carbons (Fsp3) is 0.316. The van der Waals surface area contributed by atoms with Crippen molar-refractivity contribution in [1.82, 2.24) is 14.5 Å². The molecule has 0 bridgehead atoms. The molecule has 7 heteroatoms. The Kier molecular flexibility index (Phi) is 4.28. The highest BCUT2D eigenvalue weighted by molar-refractivity contribution is 6.09. The highest BCUT2D eigenvalue weighted by atomic mass is 19.1. The molecule has 0 spiro atoms. The third-order valence-corrected chi connectivity index (χ3v) is 4.59. The molecule has 0 fully saturated rings. The highest BCUT2D eigenvalue weighted by Crippen LogP contribution is 2.31. The monoisotopic (exact) mass is 354 g/mol. The number of anilines is 2. The number of nitrogens with one attached hydrogen (secondary N) is 1. The van der Waals surface area contributed by atoms with Crippen molar-refractivity contribution in [1.29, 1.82) is 0 Å². The molecule has 134 valence electrons. The second kappa shape index (κ2) is 6.74. The van der Waals surface area contributed by atoms with Crippen molar-refractivity contribution in [2.45, 2.75) is 19.3 Å². The Labute approximate surface area is 150 Å². The van der Waals surface area contributed by atoms with Crippen LogP contribution in [0.4, 0.5) is 15.9 Å². The number of fused-ring (bicyclic) bond motifs is 3. The number of Topliss-reactive ketones (excluding diaryl/α,β-unsaturated/α-hetero) is 1. The van der Waals surface area contributed by atoms with Gasteiger partial charge in [-0.05, 0) is 31.0 Å². The molecule has 4 rings (SSSR count). The van der Waals surface area contributed by atoms with Crippen LogP contribution in [0.3, 0.4) is 0 Å². The van der Waals surface area contributed by atoms with Gasteiger partial charge >= 0.3 is 0 Å². The van der Waals surface area contributed by atoms with E-state index in [-0.39, 0.29) is 12.4 Å². The van der Waals surface area contributed by atoms with Gasteiger partial charge < -0.3 is 14.6 Å². The topological polar surface area (TPSA) is 69.0 Å². The number of aryl methyl sites for hydroxylation is 1. The minimum Gasteiger partial charge on any atom is -0.475 e. The normalized spacial score (nSPS) is 13.7. The largest absolute Gasteiger partial charge is 0.475 e. The maximum absolute atomic E-state index is 12.3. The molecule has 0 atom stereocenters. The van der Waals surface area contributed by atoms with E-state index in [1.807, 2.05) is 23.7 Å². The summed E-state index contributed by atoms with van der Waals surface area (Å²) in [5, 5.41) is 4.11. The zero-order valence-electron chi connectivity index (χ0n) is 14.5. The smallest absolute Gasteiger partial charge is 0.215 e. The van der Waals surface area contributed by atoms with Crippen LogP contribution < -0.4 is 10.1 Å². The molecule has 0 saturated heterocycles. The number of rotatable bonds is 5. The third-order valence-electron chi connectivity index (χ3n) is 4.59. The standard InChI is InChI=1S/C19H19FN4O2/c1-24-14-3-2-4-15(25)18(14)13-5-6-16(23-19(13)24)22-12-7-9-21-17(11-12)26-10-8-20/h5-7,9,11H,2-4,8,10H2,1H3,(H,21,22,23). The van der Waals surface area contributed by atoms with E-state index in [0.29, 0.717) is 18.1 Å². The molecule has 0 aromatic carbocycles. The Morgan fingerprint density at radius 1 is 1.31 bits per heavy atom. The maximum Gasteiger partial charge on any atom is 0.215 e. The molecule has 0 aliphatic heterocycles. The summed E-state index contributed by atoms with van der Waals surface area (Å²) in [6.07, 6.45) is 3.98. The van der Waals surface area contributed by atoms with E-state index in [2.05, 4.69) is 15.3 Å². The SMILES string of the molecule is Cn1c2c(c3ccc(Nc4ccnc(OCCF)c4)nc31)C(=O)CCC2. The number of halogens is 1. The summed E-state index contributed by atoms with van der Waals surface area (Å²) in [4.78, 5) is 21.0. The second-order valence-electron chi connectivity index (χ2n) is 6.27. The van der Waals surface area contributed by atoms with Crippen molar-refractivity contribution in [3.05, 3.63) is 41.7 Å². The average molecular weight is 354 g/mol. The van der Waals surface area contributed by atoms with E-state index in [1.165, 1.54) is 0 Å². The molecule has 0 saturated carbocycles. The zero-order valence-corrected chi connectivity index (χ0v) is 14.5. The van der Waals surface area contributed by atoms with Crippen LogP contribution in [0.5, 0.6) is 5.88 Å². The van der Waals surface area contributed by atoms with Crippen LogP contribution >= 0.6 is 0 Å². The molecule has 0 amide bonds. The Balaban J connectivity index is 1.66. The summed E-state index contributed by atoms with van der Waals surface area (Å²) in [6, 6.07) is 7.27. The molecule has 3 aromatic heterocycles. The third kappa shape index (κ3) is 2.89. The van der Waals surface area contributed by atoms with E-state index >= 15 is 0 Å². The Morgan fingerprint density at radius 3 is 3.04 bits per heavy atom. The van der Waals surface area contributed by atoms with Crippen molar-refractivity contribution in [2.75, 3.05) is 18.6 Å². The van der Waals surface area contributed by atoms with E-state index < -0.39 is 6.67 Å². The number of alkyl halides is 1. The first kappa shape index (κ1) is 16.5. The molecule has 26 heavy (non-hydrogen) atoms. The first-order valence-electron chi connectivity index (χ1n) is 8.60. The number of aromatic nitrogens is 3. The van der Waals surface area contributed by atoms with Gasteiger partial charge in [-0.2, -0.15) is 0 Å². The van der Waals surface area contributed by atoms with Crippen LogP contribution in [0.15, 0.2) is 30.5 Å². The van der Waals surface area contributed by atoms with Gasteiger partial charge in [0.15, 0.2) is 5.78 Å². The van der Waals surface area contributed by atoms with Crippen molar-refractivity contribution in [2.24, 2.45) is 7.05 Å². The Bertz CT molecular complexity index is 983. The summed E-state index contributed by atoms with van der Waals surface area (Å²) >= 11 is 0. The number of nitrogens with zero attached hydrogens (tertiary/aromatic N) is 3. The van der Waals surface area contributed by atoms with Crippen LogP contribution in [-0.4, -0.2) is 33.6 Å². The predicted octanol–water partition coefficient (Wildman–Crippen LogP) is 3.58. The van der Waals surface area contributed by atoms with Gasteiger partial charge in [-0.1, -0.05) is 0 Å². The summed E-state index contributed by atoms with van der Waals surface area (Å²) in [5.74, 6) is 1.21. The Morgan fingerprint density at radius 2 is 2.19 bits per heavy atom.